The number of nitriles is 1. The van der Waals surface area contributed by atoms with E-state index in [-0.39, 0.29) is 12.2 Å². The summed E-state index contributed by atoms with van der Waals surface area (Å²) in [6.07, 6.45) is -11.2. The van der Waals surface area contributed by atoms with E-state index in [0.717, 1.165) is 6.07 Å². The monoisotopic (exact) mass is 231 g/mol. The van der Waals surface area contributed by atoms with Crippen LogP contribution in [0.25, 0.3) is 0 Å². The predicted molar refractivity (Wildman–Crippen MR) is 35.4 cm³/mol. The van der Waals surface area contributed by atoms with Crippen molar-refractivity contribution in [1.82, 2.24) is 0 Å². The van der Waals surface area contributed by atoms with E-state index in [9.17, 15) is 31.1 Å². The second kappa shape index (κ2) is 4.33. The molecule has 8 heteroatoms. The minimum absolute atomic E-state index is 0.0500. The van der Waals surface area contributed by atoms with E-state index in [1.54, 1.807) is 0 Å². The fourth-order valence-corrected chi connectivity index (χ4v) is 0.724. The Hall–Kier alpha value is -1.52. The molecule has 0 saturated heterocycles. The number of ketones is 1. The Bertz CT molecular complexity index is 293. The first-order valence-corrected chi connectivity index (χ1v) is 3.34. The van der Waals surface area contributed by atoms with Crippen molar-refractivity contribution in [2.75, 3.05) is 0 Å². The highest BCUT2D eigenvalue weighted by Gasteiger charge is 2.60. The van der Waals surface area contributed by atoms with Gasteiger partial charge in [-0.15, -0.1) is 0 Å². The minimum Gasteiger partial charge on any atom is -0.294 e. The van der Waals surface area contributed by atoms with Gasteiger partial charge in [0, 0.05) is 6.08 Å². The first-order chi connectivity index (χ1) is 6.60. The zero-order chi connectivity index (χ0) is 12.3. The third kappa shape index (κ3) is 4.01. The van der Waals surface area contributed by atoms with Crippen molar-refractivity contribution >= 4 is 5.78 Å². The fraction of sp³-hybridized carbons (Fsp3) is 0.429. The Morgan fingerprint density at radius 2 is 1.53 bits per heavy atom. The molecule has 15 heavy (non-hydrogen) atoms. The van der Waals surface area contributed by atoms with Gasteiger partial charge in [0.15, 0.2) is 5.78 Å². The summed E-state index contributed by atoms with van der Waals surface area (Å²) < 4.78 is 71.0. The lowest BCUT2D eigenvalue weighted by Gasteiger charge is -2.19. The third-order valence-electron chi connectivity index (χ3n) is 1.26. The molecule has 0 saturated carbocycles. The highest BCUT2D eigenvalue weighted by atomic mass is 19.4. The second-order valence-electron chi connectivity index (χ2n) is 2.38. The van der Waals surface area contributed by atoms with Crippen LogP contribution in [0.15, 0.2) is 12.2 Å². The molecule has 0 atom stereocenters. The van der Waals surface area contributed by atoms with Gasteiger partial charge in [0.2, 0.25) is 5.92 Å². The standard InChI is InChI=1S/C7H3F6NO/c8-6(9,10)5(7(11,12)13)4(15)2-1-3-14/h1-2,5H/b2-1+. The molecule has 0 rings (SSSR count). The van der Waals surface area contributed by atoms with Crippen molar-refractivity contribution in [1.29, 1.82) is 5.26 Å². The van der Waals surface area contributed by atoms with Crippen LogP contribution in [0.4, 0.5) is 26.3 Å². The van der Waals surface area contributed by atoms with Crippen LogP contribution in [-0.2, 0) is 4.79 Å². The average Bonchev–Trinajstić information content (AvgIpc) is 1.94. The molecule has 0 unspecified atom stereocenters. The van der Waals surface area contributed by atoms with E-state index in [2.05, 4.69) is 0 Å². The molecule has 0 aromatic carbocycles. The normalized spacial score (nSPS) is 13.2. The lowest BCUT2D eigenvalue weighted by molar-refractivity contribution is -0.271. The molecule has 0 bridgehead atoms. The summed E-state index contributed by atoms with van der Waals surface area (Å²) in [6.45, 7) is 0. The third-order valence-corrected chi connectivity index (χ3v) is 1.26. The van der Waals surface area contributed by atoms with E-state index in [1.807, 2.05) is 0 Å². The molecule has 0 fully saturated rings. The highest BCUT2D eigenvalue weighted by Crippen LogP contribution is 2.39. The maximum Gasteiger partial charge on any atom is 0.407 e. The molecule has 0 aromatic rings. The largest absolute Gasteiger partial charge is 0.407 e. The van der Waals surface area contributed by atoms with Crippen LogP contribution >= 0.6 is 0 Å². The summed E-state index contributed by atoms with van der Waals surface area (Å²) in [5.41, 5.74) is 0. The number of hydrogen-bond acceptors (Lipinski definition) is 2. The SMILES string of the molecule is N#C/C=C/C(=O)C(C(F)(F)F)C(F)(F)F. The predicted octanol–water partition coefficient (Wildman–Crippen LogP) is 2.38. The number of nitrogens with zero attached hydrogens (tertiary/aromatic N) is 1. The first kappa shape index (κ1) is 13.5. The van der Waals surface area contributed by atoms with Gasteiger partial charge in [0.05, 0.1) is 6.07 Å². The summed E-state index contributed by atoms with van der Waals surface area (Å²) in [5, 5.41) is 7.85. The quantitative estimate of drug-likeness (QED) is 0.416. The summed E-state index contributed by atoms with van der Waals surface area (Å²) in [7, 11) is 0. The van der Waals surface area contributed by atoms with Crippen molar-refractivity contribution in [2.24, 2.45) is 5.92 Å². The van der Waals surface area contributed by atoms with Crippen molar-refractivity contribution in [2.45, 2.75) is 12.4 Å². The van der Waals surface area contributed by atoms with Crippen LogP contribution in [0.5, 0.6) is 0 Å². The first-order valence-electron chi connectivity index (χ1n) is 3.34. The molecule has 0 aliphatic carbocycles. The van der Waals surface area contributed by atoms with E-state index < -0.39 is 24.1 Å². The molecule has 2 nitrogen and oxygen atoms in total. The van der Waals surface area contributed by atoms with E-state index in [1.165, 1.54) is 0 Å². The van der Waals surface area contributed by atoms with Gasteiger partial charge < -0.3 is 0 Å². The van der Waals surface area contributed by atoms with Gasteiger partial charge in [0.1, 0.15) is 0 Å². The fourth-order valence-electron chi connectivity index (χ4n) is 0.724. The number of alkyl halides is 6. The molecule has 84 valence electrons. The molecule has 0 radical (unpaired) electrons. The van der Waals surface area contributed by atoms with Crippen molar-refractivity contribution in [3.8, 4) is 6.07 Å². The van der Waals surface area contributed by atoms with Crippen LogP contribution in [0.3, 0.4) is 0 Å². The van der Waals surface area contributed by atoms with Gasteiger partial charge in [-0.1, -0.05) is 0 Å². The second-order valence-corrected chi connectivity index (χ2v) is 2.38. The van der Waals surface area contributed by atoms with Gasteiger partial charge in [0.25, 0.3) is 0 Å². The Morgan fingerprint density at radius 3 is 1.80 bits per heavy atom. The maximum atomic E-state index is 11.8. The van der Waals surface area contributed by atoms with Crippen LogP contribution in [-0.4, -0.2) is 18.1 Å². The molecule has 0 aliphatic rings. The topological polar surface area (TPSA) is 40.9 Å². The smallest absolute Gasteiger partial charge is 0.294 e. The number of carbonyl (C=O) groups is 1. The molecular formula is C7H3F6NO. The summed E-state index contributed by atoms with van der Waals surface area (Å²) in [5.74, 6) is -6.29. The summed E-state index contributed by atoms with van der Waals surface area (Å²) in [4.78, 5) is 10.5. The maximum absolute atomic E-state index is 11.8. The van der Waals surface area contributed by atoms with Crippen molar-refractivity contribution in [3.05, 3.63) is 12.2 Å². The summed E-state index contributed by atoms with van der Waals surface area (Å²) >= 11 is 0. The highest BCUT2D eigenvalue weighted by molar-refractivity contribution is 5.93. The molecule has 0 aliphatic heterocycles. The Morgan fingerprint density at radius 1 is 1.13 bits per heavy atom. The molecule has 0 amide bonds. The zero-order valence-electron chi connectivity index (χ0n) is 6.86. The number of carbonyl (C=O) groups excluding carboxylic acids is 1. The van der Waals surface area contributed by atoms with Gasteiger partial charge in [-0.3, -0.25) is 4.79 Å². The van der Waals surface area contributed by atoms with Crippen LogP contribution in [0.2, 0.25) is 0 Å². The number of hydrogen-bond donors (Lipinski definition) is 0. The summed E-state index contributed by atoms with van der Waals surface area (Å²) in [6, 6.07) is 1.12. The van der Waals surface area contributed by atoms with Crippen molar-refractivity contribution < 1.29 is 31.1 Å². The van der Waals surface area contributed by atoms with Gasteiger partial charge in [-0.25, -0.2) is 0 Å². The zero-order valence-corrected chi connectivity index (χ0v) is 6.86. The number of halogens is 6. The molecule has 0 N–H and O–H groups in total. The molecular weight excluding hydrogens is 228 g/mol. The number of rotatable bonds is 2. The Balaban J connectivity index is 5.09. The lowest BCUT2D eigenvalue weighted by atomic mass is 10.0. The van der Waals surface area contributed by atoms with Crippen molar-refractivity contribution in [3.63, 3.8) is 0 Å². The average molecular weight is 231 g/mol. The minimum atomic E-state index is -5.71. The van der Waals surface area contributed by atoms with Crippen LogP contribution in [0, 0.1) is 17.2 Å². The molecule has 0 aromatic heterocycles. The lowest BCUT2D eigenvalue weighted by Crippen LogP contribution is -2.41. The molecule has 0 spiro atoms. The molecule has 0 heterocycles. The van der Waals surface area contributed by atoms with Gasteiger partial charge >= 0.3 is 12.4 Å². The Labute approximate surface area is 79.8 Å². The van der Waals surface area contributed by atoms with E-state index in [4.69, 9.17) is 5.26 Å². The van der Waals surface area contributed by atoms with Crippen LogP contribution in [0.1, 0.15) is 0 Å². The van der Waals surface area contributed by atoms with Gasteiger partial charge in [-0.05, 0) is 6.08 Å². The van der Waals surface area contributed by atoms with Gasteiger partial charge in [-0.2, -0.15) is 31.6 Å². The number of allylic oxidation sites excluding steroid dienone is 2. The van der Waals surface area contributed by atoms with E-state index >= 15 is 0 Å². The van der Waals surface area contributed by atoms with Crippen LogP contribution < -0.4 is 0 Å². The Kier molecular flexibility index (Phi) is 3.90. The van der Waals surface area contributed by atoms with E-state index in [0.29, 0.717) is 0 Å².